The minimum atomic E-state index is 0.501. The van der Waals surface area contributed by atoms with Gasteiger partial charge >= 0.3 is 0 Å². The lowest BCUT2D eigenvalue weighted by atomic mass is 10.2. The summed E-state index contributed by atoms with van der Waals surface area (Å²) in [6.07, 6.45) is 0.665. The highest BCUT2D eigenvalue weighted by Crippen LogP contribution is 2.29. The van der Waals surface area contributed by atoms with E-state index in [4.69, 9.17) is 34.8 Å². The van der Waals surface area contributed by atoms with Crippen LogP contribution in [0, 0.1) is 6.92 Å². The smallest absolute Gasteiger partial charge is 0.115 e. The van der Waals surface area contributed by atoms with Crippen LogP contribution in [-0.4, -0.2) is 15.4 Å². The second-order valence-electron chi connectivity index (χ2n) is 4.89. The van der Waals surface area contributed by atoms with Crippen LogP contribution < -0.4 is 0 Å². The molecule has 1 heterocycles. The van der Waals surface area contributed by atoms with E-state index in [0.717, 1.165) is 28.1 Å². The summed E-state index contributed by atoms with van der Waals surface area (Å²) >= 11 is 18.4. The largest absolute Gasteiger partial charge is 0.295 e. The molecular weight excluding hydrogens is 327 g/mol. The number of benzene rings is 2. The maximum atomic E-state index is 6.42. The Kier molecular flexibility index (Phi) is 4.12. The van der Waals surface area contributed by atoms with E-state index in [0.29, 0.717) is 22.3 Å². The van der Waals surface area contributed by atoms with Crippen molar-refractivity contribution in [1.29, 1.82) is 0 Å². The van der Waals surface area contributed by atoms with E-state index in [1.54, 1.807) is 0 Å². The van der Waals surface area contributed by atoms with Gasteiger partial charge < -0.3 is 0 Å². The molecule has 2 aromatic carbocycles. The molecule has 0 bridgehead atoms. The number of imidazole rings is 1. The summed E-state index contributed by atoms with van der Waals surface area (Å²) < 4.78 is 2.05. The van der Waals surface area contributed by atoms with Gasteiger partial charge in [-0.1, -0.05) is 29.3 Å². The SMILES string of the molecule is Cc1ccc(-n2c(CCCl)nc3cc(Cl)ccc32)c(Cl)c1. The highest BCUT2D eigenvalue weighted by atomic mass is 35.5. The molecule has 21 heavy (non-hydrogen) atoms. The molecule has 0 spiro atoms. The third-order valence-electron chi connectivity index (χ3n) is 3.35. The molecule has 0 aliphatic rings. The number of hydrogen-bond donors (Lipinski definition) is 0. The van der Waals surface area contributed by atoms with Gasteiger partial charge in [0.15, 0.2) is 0 Å². The quantitative estimate of drug-likeness (QED) is 0.582. The molecule has 0 aliphatic carbocycles. The van der Waals surface area contributed by atoms with E-state index >= 15 is 0 Å². The van der Waals surface area contributed by atoms with Crippen molar-refractivity contribution in [3.63, 3.8) is 0 Å². The molecule has 0 radical (unpaired) electrons. The van der Waals surface area contributed by atoms with Crippen molar-refractivity contribution in [2.45, 2.75) is 13.3 Å². The van der Waals surface area contributed by atoms with Gasteiger partial charge in [-0.2, -0.15) is 0 Å². The van der Waals surface area contributed by atoms with Crippen LogP contribution in [0.2, 0.25) is 10.0 Å². The van der Waals surface area contributed by atoms with Gasteiger partial charge in [-0.25, -0.2) is 4.98 Å². The van der Waals surface area contributed by atoms with E-state index in [1.807, 2.05) is 43.3 Å². The summed E-state index contributed by atoms with van der Waals surface area (Å²) in [6.45, 7) is 2.02. The second kappa shape index (κ2) is 5.88. The van der Waals surface area contributed by atoms with E-state index in [2.05, 4.69) is 9.55 Å². The number of rotatable bonds is 3. The number of aryl methyl sites for hydroxylation is 2. The van der Waals surface area contributed by atoms with Crippen molar-refractivity contribution < 1.29 is 0 Å². The Bertz CT molecular complexity index is 809. The molecule has 0 fully saturated rings. The number of halogens is 3. The highest BCUT2D eigenvalue weighted by molar-refractivity contribution is 6.32. The maximum Gasteiger partial charge on any atom is 0.115 e. The Morgan fingerprint density at radius 1 is 1.10 bits per heavy atom. The highest BCUT2D eigenvalue weighted by Gasteiger charge is 2.14. The van der Waals surface area contributed by atoms with E-state index in [1.165, 1.54) is 0 Å². The van der Waals surface area contributed by atoms with Crippen LogP contribution >= 0.6 is 34.8 Å². The Morgan fingerprint density at radius 3 is 2.62 bits per heavy atom. The number of nitrogens with zero attached hydrogens (tertiary/aromatic N) is 2. The fourth-order valence-corrected chi connectivity index (χ4v) is 3.07. The summed E-state index contributed by atoms with van der Waals surface area (Å²) in [7, 11) is 0. The predicted molar refractivity (Wildman–Crippen MR) is 90.3 cm³/mol. The van der Waals surface area contributed by atoms with Gasteiger partial charge in [0.2, 0.25) is 0 Å². The van der Waals surface area contributed by atoms with Gasteiger partial charge in [-0.15, -0.1) is 11.6 Å². The molecule has 0 unspecified atom stereocenters. The summed E-state index contributed by atoms with van der Waals surface area (Å²) in [5.41, 5.74) is 3.85. The third kappa shape index (κ3) is 2.76. The maximum absolute atomic E-state index is 6.42. The number of hydrogen-bond acceptors (Lipinski definition) is 1. The lowest BCUT2D eigenvalue weighted by Gasteiger charge is -2.11. The van der Waals surface area contributed by atoms with Gasteiger partial charge in [0, 0.05) is 17.3 Å². The molecule has 0 N–H and O–H groups in total. The van der Waals surface area contributed by atoms with Crippen molar-refractivity contribution >= 4 is 45.8 Å². The second-order valence-corrected chi connectivity index (χ2v) is 6.11. The zero-order valence-corrected chi connectivity index (χ0v) is 13.7. The molecule has 5 heteroatoms. The summed E-state index contributed by atoms with van der Waals surface area (Å²) in [6, 6.07) is 11.7. The van der Waals surface area contributed by atoms with E-state index in [9.17, 15) is 0 Å². The standard InChI is InChI=1S/C16H13Cl3N2/c1-10-2-4-14(12(19)8-10)21-15-5-3-11(18)9-13(15)20-16(21)6-7-17/h2-5,8-9H,6-7H2,1H3. The average molecular weight is 340 g/mol. The topological polar surface area (TPSA) is 17.8 Å². The van der Waals surface area contributed by atoms with E-state index in [-0.39, 0.29) is 0 Å². The fraction of sp³-hybridized carbons (Fsp3) is 0.188. The first-order chi connectivity index (χ1) is 10.1. The molecule has 108 valence electrons. The monoisotopic (exact) mass is 338 g/mol. The Hall–Kier alpha value is -1.22. The van der Waals surface area contributed by atoms with Crippen LogP contribution in [0.3, 0.4) is 0 Å². The molecule has 0 atom stereocenters. The minimum Gasteiger partial charge on any atom is -0.295 e. The summed E-state index contributed by atoms with van der Waals surface area (Å²) in [4.78, 5) is 4.64. The number of fused-ring (bicyclic) bond motifs is 1. The first kappa shape index (κ1) is 14.7. The van der Waals surface area contributed by atoms with Crippen molar-refractivity contribution in [3.8, 4) is 5.69 Å². The zero-order chi connectivity index (χ0) is 15.0. The third-order valence-corrected chi connectivity index (χ3v) is 4.07. The average Bonchev–Trinajstić information content (AvgIpc) is 2.76. The van der Waals surface area contributed by atoms with Gasteiger partial charge in [0.1, 0.15) is 5.82 Å². The lowest BCUT2D eigenvalue weighted by Crippen LogP contribution is -2.03. The van der Waals surface area contributed by atoms with Gasteiger partial charge in [0.25, 0.3) is 0 Å². The Labute approximate surface area is 138 Å². The van der Waals surface area contributed by atoms with Gasteiger partial charge in [-0.05, 0) is 42.8 Å². The van der Waals surface area contributed by atoms with Crippen LogP contribution in [0.1, 0.15) is 11.4 Å². The molecule has 2 nitrogen and oxygen atoms in total. The molecule has 0 saturated carbocycles. The molecule has 1 aromatic heterocycles. The van der Waals surface area contributed by atoms with Crippen LogP contribution in [0.4, 0.5) is 0 Å². The normalized spacial score (nSPS) is 11.2. The molecular formula is C16H13Cl3N2. The van der Waals surface area contributed by atoms with Gasteiger partial charge in [-0.3, -0.25) is 4.57 Å². The van der Waals surface area contributed by atoms with Crippen molar-refractivity contribution in [2.24, 2.45) is 0 Å². The Balaban J connectivity index is 2.30. The fourth-order valence-electron chi connectivity index (χ4n) is 2.42. The first-order valence-corrected chi connectivity index (χ1v) is 7.88. The molecule has 0 aliphatic heterocycles. The zero-order valence-electron chi connectivity index (χ0n) is 11.4. The molecule has 0 saturated heterocycles. The van der Waals surface area contributed by atoms with Crippen LogP contribution in [-0.2, 0) is 6.42 Å². The lowest BCUT2D eigenvalue weighted by molar-refractivity contribution is 0.912. The van der Waals surface area contributed by atoms with Crippen LogP contribution in [0.5, 0.6) is 0 Å². The molecule has 3 rings (SSSR count). The van der Waals surface area contributed by atoms with Crippen molar-refractivity contribution in [2.75, 3.05) is 5.88 Å². The molecule has 3 aromatic rings. The van der Waals surface area contributed by atoms with Crippen LogP contribution in [0.15, 0.2) is 36.4 Å². The summed E-state index contributed by atoms with van der Waals surface area (Å²) in [5, 5.41) is 1.36. The van der Waals surface area contributed by atoms with Gasteiger partial charge in [0.05, 0.1) is 21.7 Å². The van der Waals surface area contributed by atoms with E-state index < -0.39 is 0 Å². The Morgan fingerprint density at radius 2 is 1.90 bits per heavy atom. The summed E-state index contributed by atoms with van der Waals surface area (Å²) in [5.74, 6) is 1.38. The minimum absolute atomic E-state index is 0.501. The van der Waals surface area contributed by atoms with Crippen molar-refractivity contribution in [1.82, 2.24) is 9.55 Å². The van der Waals surface area contributed by atoms with Crippen molar-refractivity contribution in [3.05, 3.63) is 57.8 Å². The van der Waals surface area contributed by atoms with Crippen LogP contribution in [0.25, 0.3) is 16.7 Å². The predicted octanol–water partition coefficient (Wildman–Crippen LogP) is 5.42. The number of alkyl halides is 1. The number of aromatic nitrogens is 2. The first-order valence-electron chi connectivity index (χ1n) is 6.59. The molecule has 0 amide bonds.